The summed E-state index contributed by atoms with van der Waals surface area (Å²) in [6.07, 6.45) is 1.40. The van der Waals surface area contributed by atoms with E-state index in [1.807, 2.05) is 0 Å². The normalized spacial score (nSPS) is 13.4. The molecule has 0 fully saturated rings. The second-order valence-electron chi connectivity index (χ2n) is 4.93. The van der Waals surface area contributed by atoms with Crippen LogP contribution in [-0.2, 0) is 28.7 Å². The quantitative estimate of drug-likeness (QED) is 0.676. The van der Waals surface area contributed by atoms with Gasteiger partial charge < -0.3 is 14.8 Å². The third kappa shape index (κ3) is 5.06. The lowest BCUT2D eigenvalue weighted by atomic mass is 10.2. The molecule has 1 heterocycles. The highest BCUT2D eigenvalue weighted by Crippen LogP contribution is 2.17. The van der Waals surface area contributed by atoms with Crippen molar-refractivity contribution in [1.29, 1.82) is 0 Å². The van der Waals surface area contributed by atoms with Crippen LogP contribution in [0, 0.1) is 0 Å². The first kappa shape index (κ1) is 18.0. The number of methoxy groups -OCH3 is 1. The van der Waals surface area contributed by atoms with E-state index >= 15 is 0 Å². The Labute approximate surface area is 143 Å². The van der Waals surface area contributed by atoms with Crippen molar-refractivity contribution in [2.45, 2.75) is 6.42 Å². The molecule has 1 aromatic carbocycles. The van der Waals surface area contributed by atoms with E-state index in [1.165, 1.54) is 18.2 Å². The Kier molecular flexibility index (Phi) is 6.10. The fraction of sp³-hybridized carbons (Fsp3) is 0.250. The topological polar surface area (TPSA) is 114 Å². The van der Waals surface area contributed by atoms with E-state index in [1.54, 1.807) is 30.3 Å². The molecule has 0 spiro atoms. The standard InChI is InChI=1S/C16H17N3O6/c1-24-15(22)9-17-13(20)10-25-16(23)12-7-8-14(21)19(18-12)11-5-3-2-4-6-11/h2-7,18H,8-10H2,1H3,(H,17,20). The van der Waals surface area contributed by atoms with Crippen molar-refractivity contribution in [2.75, 3.05) is 25.3 Å². The zero-order valence-electron chi connectivity index (χ0n) is 13.5. The van der Waals surface area contributed by atoms with Gasteiger partial charge in [-0.3, -0.25) is 19.8 Å². The molecule has 1 aliphatic rings. The van der Waals surface area contributed by atoms with Gasteiger partial charge in [0.1, 0.15) is 12.2 Å². The lowest BCUT2D eigenvalue weighted by Crippen LogP contribution is -2.47. The average Bonchev–Trinajstić information content (AvgIpc) is 2.65. The van der Waals surface area contributed by atoms with Crippen LogP contribution >= 0.6 is 0 Å². The maximum absolute atomic E-state index is 12.0. The molecule has 1 aliphatic heterocycles. The van der Waals surface area contributed by atoms with E-state index in [-0.39, 0.29) is 24.6 Å². The van der Waals surface area contributed by atoms with E-state index in [2.05, 4.69) is 15.5 Å². The number of hydrogen-bond donors (Lipinski definition) is 2. The maximum Gasteiger partial charge on any atom is 0.356 e. The van der Waals surface area contributed by atoms with Crippen LogP contribution in [0.5, 0.6) is 0 Å². The van der Waals surface area contributed by atoms with Crippen molar-refractivity contribution in [1.82, 2.24) is 10.7 Å². The summed E-state index contributed by atoms with van der Waals surface area (Å²) < 4.78 is 9.22. The summed E-state index contributed by atoms with van der Waals surface area (Å²) in [5.41, 5.74) is 3.28. The highest BCUT2D eigenvalue weighted by molar-refractivity contribution is 5.99. The molecule has 2 rings (SSSR count). The van der Waals surface area contributed by atoms with Crippen LogP contribution in [0.1, 0.15) is 6.42 Å². The minimum absolute atomic E-state index is 0.0147. The van der Waals surface area contributed by atoms with Crippen molar-refractivity contribution in [3.05, 3.63) is 42.1 Å². The van der Waals surface area contributed by atoms with E-state index in [4.69, 9.17) is 4.74 Å². The number of benzene rings is 1. The smallest absolute Gasteiger partial charge is 0.356 e. The summed E-state index contributed by atoms with van der Waals surface area (Å²) in [4.78, 5) is 46.4. The first-order valence-corrected chi connectivity index (χ1v) is 7.36. The molecule has 25 heavy (non-hydrogen) atoms. The number of para-hydroxylation sites is 1. The number of carbonyl (C=O) groups excluding carboxylic acids is 4. The second kappa shape index (κ2) is 8.48. The van der Waals surface area contributed by atoms with Crippen molar-refractivity contribution in [3.8, 4) is 0 Å². The SMILES string of the molecule is COC(=O)CNC(=O)COC(=O)C1=CCC(=O)N(c2ccccc2)N1. The highest BCUT2D eigenvalue weighted by Gasteiger charge is 2.25. The van der Waals surface area contributed by atoms with Crippen LogP contribution in [-0.4, -0.2) is 44.0 Å². The Bertz CT molecular complexity index is 701. The van der Waals surface area contributed by atoms with Crippen molar-refractivity contribution in [2.24, 2.45) is 0 Å². The lowest BCUT2D eigenvalue weighted by molar-refractivity contribution is -0.146. The number of nitrogens with zero attached hydrogens (tertiary/aromatic N) is 1. The molecule has 2 N–H and O–H groups in total. The first-order valence-electron chi connectivity index (χ1n) is 7.36. The number of anilines is 1. The van der Waals surface area contributed by atoms with Gasteiger partial charge in [-0.05, 0) is 18.2 Å². The fourth-order valence-electron chi connectivity index (χ4n) is 1.93. The van der Waals surface area contributed by atoms with E-state index < -0.39 is 24.5 Å². The molecule has 0 aliphatic carbocycles. The molecule has 0 aromatic heterocycles. The molecule has 132 valence electrons. The van der Waals surface area contributed by atoms with Crippen LogP contribution in [0.3, 0.4) is 0 Å². The molecule has 0 atom stereocenters. The first-order chi connectivity index (χ1) is 12.0. The molecule has 0 radical (unpaired) electrons. The van der Waals surface area contributed by atoms with Gasteiger partial charge >= 0.3 is 11.9 Å². The molecule has 1 aromatic rings. The van der Waals surface area contributed by atoms with Gasteiger partial charge in [-0.25, -0.2) is 9.80 Å². The van der Waals surface area contributed by atoms with Crippen LogP contribution in [0.2, 0.25) is 0 Å². The summed E-state index contributed by atoms with van der Waals surface area (Å²) >= 11 is 0. The number of carbonyl (C=O) groups is 4. The number of ether oxygens (including phenoxy) is 2. The van der Waals surface area contributed by atoms with Gasteiger partial charge in [0.2, 0.25) is 5.91 Å². The monoisotopic (exact) mass is 347 g/mol. The fourth-order valence-corrected chi connectivity index (χ4v) is 1.93. The van der Waals surface area contributed by atoms with Gasteiger partial charge in [-0.15, -0.1) is 0 Å². The Balaban J connectivity index is 1.88. The van der Waals surface area contributed by atoms with Crippen LogP contribution in [0.15, 0.2) is 42.1 Å². The molecule has 0 unspecified atom stereocenters. The van der Waals surface area contributed by atoms with Gasteiger partial charge in [0.25, 0.3) is 5.91 Å². The Morgan fingerprint density at radius 2 is 1.96 bits per heavy atom. The number of esters is 2. The third-order valence-corrected chi connectivity index (χ3v) is 3.19. The minimum atomic E-state index is -0.790. The van der Waals surface area contributed by atoms with E-state index in [0.29, 0.717) is 5.69 Å². The zero-order chi connectivity index (χ0) is 18.2. The van der Waals surface area contributed by atoms with Gasteiger partial charge in [0, 0.05) is 6.42 Å². The molecule has 0 saturated carbocycles. The van der Waals surface area contributed by atoms with Crippen molar-refractivity contribution >= 4 is 29.4 Å². The zero-order valence-corrected chi connectivity index (χ0v) is 13.5. The highest BCUT2D eigenvalue weighted by atomic mass is 16.5. The second-order valence-corrected chi connectivity index (χ2v) is 4.93. The largest absolute Gasteiger partial charge is 0.468 e. The van der Waals surface area contributed by atoms with Gasteiger partial charge in [0.05, 0.1) is 12.8 Å². The molecular weight excluding hydrogens is 330 g/mol. The lowest BCUT2D eigenvalue weighted by Gasteiger charge is -2.28. The molecule has 0 bridgehead atoms. The number of nitrogens with one attached hydrogen (secondary N) is 2. The number of hydrogen-bond acceptors (Lipinski definition) is 7. The van der Waals surface area contributed by atoms with Crippen molar-refractivity contribution < 1.29 is 28.7 Å². The Morgan fingerprint density at radius 3 is 2.64 bits per heavy atom. The number of hydrazine groups is 1. The van der Waals surface area contributed by atoms with E-state index in [0.717, 1.165) is 0 Å². The third-order valence-electron chi connectivity index (χ3n) is 3.19. The summed E-state index contributed by atoms with van der Waals surface area (Å²) in [5, 5.41) is 3.47. The van der Waals surface area contributed by atoms with Gasteiger partial charge in [-0.1, -0.05) is 18.2 Å². The summed E-state index contributed by atoms with van der Waals surface area (Å²) in [6.45, 7) is -0.877. The van der Waals surface area contributed by atoms with Crippen LogP contribution < -0.4 is 15.8 Å². The summed E-state index contributed by atoms with van der Waals surface area (Å²) in [7, 11) is 1.19. The predicted molar refractivity (Wildman–Crippen MR) is 85.7 cm³/mol. The summed E-state index contributed by atoms with van der Waals surface area (Å²) in [5.74, 6) is -2.29. The van der Waals surface area contributed by atoms with Gasteiger partial charge in [0.15, 0.2) is 6.61 Å². The maximum atomic E-state index is 12.0. The molecule has 9 heteroatoms. The molecule has 0 saturated heterocycles. The predicted octanol–water partition coefficient (Wildman–Crippen LogP) is -0.356. The van der Waals surface area contributed by atoms with Gasteiger partial charge in [-0.2, -0.15) is 0 Å². The Morgan fingerprint density at radius 1 is 1.24 bits per heavy atom. The molecule has 9 nitrogen and oxygen atoms in total. The molecule has 2 amide bonds. The van der Waals surface area contributed by atoms with Crippen LogP contribution in [0.4, 0.5) is 5.69 Å². The van der Waals surface area contributed by atoms with E-state index in [9.17, 15) is 19.2 Å². The number of rotatable bonds is 6. The van der Waals surface area contributed by atoms with Crippen LogP contribution in [0.25, 0.3) is 0 Å². The molecular formula is C16H17N3O6. The summed E-state index contributed by atoms with van der Waals surface area (Å²) in [6, 6.07) is 8.73. The minimum Gasteiger partial charge on any atom is -0.468 e. The average molecular weight is 347 g/mol. The Hall–Kier alpha value is -3.36. The number of amides is 2. The van der Waals surface area contributed by atoms with Crippen molar-refractivity contribution in [3.63, 3.8) is 0 Å².